The molecule has 5 heteroatoms. The number of carbonyl (C=O) groups excluding carboxylic acids is 1. The van der Waals surface area contributed by atoms with Crippen molar-refractivity contribution in [2.24, 2.45) is 0 Å². The number of rotatable bonds is 6. The molecular weight excluding hydrogens is 284 g/mol. The van der Waals surface area contributed by atoms with E-state index in [1.54, 1.807) is 0 Å². The molecule has 0 spiro atoms. The van der Waals surface area contributed by atoms with Crippen LogP contribution in [0.2, 0.25) is 0 Å². The van der Waals surface area contributed by atoms with Crippen LogP contribution >= 0.6 is 0 Å². The summed E-state index contributed by atoms with van der Waals surface area (Å²) in [5, 5.41) is 20.0. The molecule has 0 saturated carbocycles. The average Bonchev–Trinajstić information content (AvgIpc) is 2.54. The zero-order valence-electron chi connectivity index (χ0n) is 12.5. The third kappa shape index (κ3) is 3.14. The Morgan fingerprint density at radius 2 is 1.77 bits per heavy atom. The van der Waals surface area contributed by atoms with E-state index in [-0.39, 0.29) is 40.8 Å². The highest BCUT2D eigenvalue weighted by atomic mass is 16.5. The van der Waals surface area contributed by atoms with Gasteiger partial charge < -0.3 is 19.7 Å². The highest BCUT2D eigenvalue weighted by Gasteiger charge is 2.24. The molecule has 2 rings (SSSR count). The number of phenols is 2. The quantitative estimate of drug-likeness (QED) is 0.634. The second kappa shape index (κ2) is 6.85. The van der Waals surface area contributed by atoms with Crippen molar-refractivity contribution < 1.29 is 24.5 Å². The molecule has 0 aliphatic carbocycles. The van der Waals surface area contributed by atoms with Gasteiger partial charge in [0.05, 0.1) is 14.2 Å². The number of Topliss-reactive ketones (excluding diaryl/α,β-unsaturated/α-hetero) is 1. The Hall–Kier alpha value is -2.69. The van der Waals surface area contributed by atoms with Gasteiger partial charge in [-0.1, -0.05) is 30.3 Å². The first-order valence-corrected chi connectivity index (χ1v) is 6.82. The molecule has 0 amide bonds. The lowest BCUT2D eigenvalue weighted by atomic mass is 10.0. The summed E-state index contributed by atoms with van der Waals surface area (Å²) >= 11 is 0. The van der Waals surface area contributed by atoms with Gasteiger partial charge in [0.25, 0.3) is 0 Å². The van der Waals surface area contributed by atoms with Crippen LogP contribution in [0.1, 0.15) is 22.3 Å². The Morgan fingerprint density at radius 3 is 2.36 bits per heavy atom. The highest BCUT2D eigenvalue weighted by molar-refractivity contribution is 6.02. The van der Waals surface area contributed by atoms with Gasteiger partial charge in [0.2, 0.25) is 5.75 Å². The lowest BCUT2D eigenvalue weighted by Gasteiger charge is -2.14. The van der Waals surface area contributed by atoms with Crippen molar-refractivity contribution in [1.82, 2.24) is 0 Å². The third-order valence-electron chi connectivity index (χ3n) is 3.39. The molecule has 2 N–H and O–H groups in total. The van der Waals surface area contributed by atoms with Crippen LogP contribution in [-0.4, -0.2) is 30.2 Å². The molecule has 2 aromatic carbocycles. The van der Waals surface area contributed by atoms with Crippen molar-refractivity contribution in [3.63, 3.8) is 0 Å². The van der Waals surface area contributed by atoms with Crippen LogP contribution in [0.3, 0.4) is 0 Å². The monoisotopic (exact) mass is 302 g/mol. The molecule has 0 aliphatic rings. The minimum atomic E-state index is -0.309. The lowest BCUT2D eigenvalue weighted by Crippen LogP contribution is -2.05. The van der Waals surface area contributed by atoms with Crippen molar-refractivity contribution >= 4 is 5.78 Å². The van der Waals surface area contributed by atoms with E-state index in [1.807, 2.05) is 30.3 Å². The molecule has 0 heterocycles. The fraction of sp³-hybridized carbons (Fsp3) is 0.235. The molecular formula is C17H18O5. The minimum absolute atomic E-state index is 0.0308. The maximum atomic E-state index is 12.4. The second-order valence-electron chi connectivity index (χ2n) is 4.76. The number of hydrogen-bond donors (Lipinski definition) is 2. The van der Waals surface area contributed by atoms with Gasteiger partial charge in [0, 0.05) is 12.5 Å². The Bertz CT molecular complexity index is 664. The summed E-state index contributed by atoms with van der Waals surface area (Å²) in [5.74, 6) is -0.907. The van der Waals surface area contributed by atoms with Gasteiger partial charge in [-0.05, 0) is 12.0 Å². The predicted octanol–water partition coefficient (Wildman–Crippen LogP) is 2.93. The van der Waals surface area contributed by atoms with E-state index in [9.17, 15) is 15.0 Å². The number of benzene rings is 2. The highest BCUT2D eigenvalue weighted by Crippen LogP contribution is 2.44. The van der Waals surface area contributed by atoms with E-state index in [2.05, 4.69) is 0 Å². The molecule has 0 aromatic heterocycles. The molecule has 0 fully saturated rings. The first-order valence-electron chi connectivity index (χ1n) is 6.82. The van der Waals surface area contributed by atoms with E-state index in [1.165, 1.54) is 20.3 Å². The summed E-state index contributed by atoms with van der Waals surface area (Å²) < 4.78 is 9.99. The molecule has 0 aliphatic heterocycles. The van der Waals surface area contributed by atoms with Crippen LogP contribution in [0, 0.1) is 0 Å². The van der Waals surface area contributed by atoms with Crippen molar-refractivity contribution in [3.05, 3.63) is 47.5 Å². The molecule has 0 radical (unpaired) electrons. The first kappa shape index (κ1) is 15.7. The van der Waals surface area contributed by atoms with E-state index in [0.717, 1.165) is 5.56 Å². The lowest BCUT2D eigenvalue weighted by molar-refractivity contribution is 0.0976. The molecule has 0 unspecified atom stereocenters. The van der Waals surface area contributed by atoms with E-state index in [4.69, 9.17) is 9.47 Å². The van der Waals surface area contributed by atoms with Crippen LogP contribution in [0.15, 0.2) is 36.4 Å². The number of hydrogen-bond acceptors (Lipinski definition) is 5. The number of phenolic OH excluding ortho intramolecular Hbond substituents is 2. The largest absolute Gasteiger partial charge is 0.507 e. The summed E-state index contributed by atoms with van der Waals surface area (Å²) in [4.78, 5) is 12.4. The third-order valence-corrected chi connectivity index (χ3v) is 3.39. The number of aromatic hydroxyl groups is 2. The molecule has 0 bridgehead atoms. The van der Waals surface area contributed by atoms with Crippen LogP contribution in [0.5, 0.6) is 23.0 Å². The van der Waals surface area contributed by atoms with Crippen molar-refractivity contribution in [3.8, 4) is 23.0 Å². The van der Waals surface area contributed by atoms with Crippen molar-refractivity contribution in [2.45, 2.75) is 12.8 Å². The predicted molar refractivity (Wildman–Crippen MR) is 82.0 cm³/mol. The summed E-state index contributed by atoms with van der Waals surface area (Å²) in [6.45, 7) is 0. The average molecular weight is 302 g/mol. The zero-order valence-corrected chi connectivity index (χ0v) is 12.5. The SMILES string of the molecule is COc1cc(O)c(C(=O)CCc2ccccc2)c(OC)c1O. The number of methoxy groups -OCH3 is 2. The van der Waals surface area contributed by atoms with Gasteiger partial charge in [-0.3, -0.25) is 4.79 Å². The van der Waals surface area contributed by atoms with E-state index in [0.29, 0.717) is 6.42 Å². The Balaban J connectivity index is 2.27. The zero-order chi connectivity index (χ0) is 16.1. The van der Waals surface area contributed by atoms with Crippen LogP contribution in [0.25, 0.3) is 0 Å². The second-order valence-corrected chi connectivity index (χ2v) is 4.76. The Labute approximate surface area is 128 Å². The van der Waals surface area contributed by atoms with Crippen LogP contribution in [-0.2, 0) is 6.42 Å². The molecule has 116 valence electrons. The first-order chi connectivity index (χ1) is 10.6. The Kier molecular flexibility index (Phi) is 4.88. The van der Waals surface area contributed by atoms with Gasteiger partial charge in [-0.2, -0.15) is 0 Å². The van der Waals surface area contributed by atoms with Gasteiger partial charge in [0.1, 0.15) is 11.3 Å². The van der Waals surface area contributed by atoms with Crippen molar-refractivity contribution in [2.75, 3.05) is 14.2 Å². The minimum Gasteiger partial charge on any atom is -0.507 e. The maximum absolute atomic E-state index is 12.4. The van der Waals surface area contributed by atoms with Crippen LogP contribution < -0.4 is 9.47 Å². The van der Waals surface area contributed by atoms with Gasteiger partial charge in [-0.15, -0.1) is 0 Å². The van der Waals surface area contributed by atoms with Crippen LogP contribution in [0.4, 0.5) is 0 Å². The molecule has 5 nitrogen and oxygen atoms in total. The normalized spacial score (nSPS) is 10.3. The molecule has 0 saturated heterocycles. The fourth-order valence-electron chi connectivity index (χ4n) is 2.26. The molecule has 22 heavy (non-hydrogen) atoms. The maximum Gasteiger partial charge on any atom is 0.201 e. The fourth-order valence-corrected chi connectivity index (χ4v) is 2.26. The summed E-state index contributed by atoms with van der Waals surface area (Å²) in [7, 11) is 2.67. The van der Waals surface area contributed by atoms with Gasteiger partial charge in [-0.25, -0.2) is 0 Å². The topological polar surface area (TPSA) is 76.0 Å². The number of aryl methyl sites for hydroxylation is 1. The van der Waals surface area contributed by atoms with Crippen molar-refractivity contribution in [1.29, 1.82) is 0 Å². The smallest absolute Gasteiger partial charge is 0.201 e. The van der Waals surface area contributed by atoms with E-state index < -0.39 is 0 Å². The van der Waals surface area contributed by atoms with E-state index >= 15 is 0 Å². The number of carbonyl (C=O) groups is 1. The number of ketones is 1. The van der Waals surface area contributed by atoms with Gasteiger partial charge >= 0.3 is 0 Å². The number of ether oxygens (including phenoxy) is 2. The van der Waals surface area contributed by atoms with Gasteiger partial charge in [0.15, 0.2) is 17.3 Å². The molecule has 2 aromatic rings. The summed E-state index contributed by atoms with van der Waals surface area (Å²) in [6, 6.07) is 10.8. The molecule has 0 atom stereocenters. The Morgan fingerprint density at radius 1 is 1.09 bits per heavy atom. The summed E-state index contributed by atoms with van der Waals surface area (Å²) in [5.41, 5.74) is 0.990. The summed E-state index contributed by atoms with van der Waals surface area (Å²) in [6.07, 6.45) is 0.731. The standard InChI is InChI=1S/C17H18O5/c1-21-14-10-13(19)15(17(22-2)16(14)20)12(18)9-8-11-6-4-3-5-7-11/h3-7,10,19-20H,8-9H2,1-2H3.